The Balaban J connectivity index is 1.61. The summed E-state index contributed by atoms with van der Waals surface area (Å²) in [5, 5.41) is 6.68. The Labute approximate surface area is 139 Å². The Kier molecular flexibility index (Phi) is 7.20. The van der Waals surface area contributed by atoms with Crippen molar-refractivity contribution in [2.75, 3.05) is 33.7 Å². The first-order chi connectivity index (χ1) is 11.3. The zero-order valence-electron chi connectivity index (χ0n) is 14.1. The number of hydrogen-bond donors (Lipinski definition) is 2. The highest BCUT2D eigenvalue weighted by Gasteiger charge is 2.01. The summed E-state index contributed by atoms with van der Waals surface area (Å²) in [7, 11) is 3.94. The lowest BCUT2D eigenvalue weighted by Crippen LogP contribution is -2.41. The van der Waals surface area contributed by atoms with Gasteiger partial charge >= 0.3 is 0 Å². The normalized spacial score (nSPS) is 11.7. The van der Waals surface area contributed by atoms with E-state index < -0.39 is 0 Å². The fourth-order valence-corrected chi connectivity index (χ4v) is 2.38. The van der Waals surface area contributed by atoms with Gasteiger partial charge in [0, 0.05) is 52.2 Å². The first kappa shape index (κ1) is 17.1. The molecule has 124 valence electrons. The Morgan fingerprint density at radius 2 is 1.74 bits per heavy atom. The van der Waals surface area contributed by atoms with Crippen molar-refractivity contribution in [2.24, 2.45) is 4.99 Å². The van der Waals surface area contributed by atoms with Crippen molar-refractivity contribution in [3.8, 4) is 0 Å². The van der Waals surface area contributed by atoms with Gasteiger partial charge in [0.05, 0.1) is 0 Å². The second kappa shape index (κ2) is 9.69. The lowest BCUT2D eigenvalue weighted by Gasteiger charge is -2.18. The van der Waals surface area contributed by atoms with E-state index in [1.807, 2.05) is 12.1 Å². The van der Waals surface area contributed by atoms with Gasteiger partial charge in [0.15, 0.2) is 5.96 Å². The van der Waals surface area contributed by atoms with Crippen LogP contribution in [0.3, 0.4) is 0 Å². The Morgan fingerprint density at radius 3 is 2.43 bits per heavy atom. The lowest BCUT2D eigenvalue weighted by molar-refractivity contribution is 0.331. The molecule has 0 aliphatic heterocycles. The fourth-order valence-electron chi connectivity index (χ4n) is 2.38. The highest BCUT2D eigenvalue weighted by molar-refractivity contribution is 5.79. The van der Waals surface area contributed by atoms with Crippen LogP contribution in [0.5, 0.6) is 0 Å². The molecule has 0 aliphatic carbocycles. The summed E-state index contributed by atoms with van der Waals surface area (Å²) in [6, 6.07) is 14.6. The molecule has 1 aromatic carbocycles. The SMILES string of the molecule is CN=C(NCCN(C)Cc1ccccc1)NCCn1cccc1. The van der Waals surface area contributed by atoms with Crippen molar-refractivity contribution in [1.82, 2.24) is 20.1 Å². The molecule has 0 atom stereocenters. The molecule has 0 aliphatic rings. The molecule has 5 heteroatoms. The van der Waals surface area contributed by atoms with Gasteiger partial charge in [0.2, 0.25) is 0 Å². The summed E-state index contributed by atoms with van der Waals surface area (Å²) in [5.41, 5.74) is 1.34. The molecule has 0 radical (unpaired) electrons. The van der Waals surface area contributed by atoms with Crippen LogP contribution in [0.2, 0.25) is 0 Å². The number of benzene rings is 1. The average Bonchev–Trinajstić information content (AvgIpc) is 3.07. The molecule has 23 heavy (non-hydrogen) atoms. The third kappa shape index (κ3) is 6.57. The number of likely N-dealkylation sites (N-methyl/N-ethyl adjacent to an activating group) is 1. The van der Waals surface area contributed by atoms with Crippen molar-refractivity contribution >= 4 is 5.96 Å². The van der Waals surface area contributed by atoms with Gasteiger partial charge in [0.25, 0.3) is 0 Å². The van der Waals surface area contributed by atoms with E-state index >= 15 is 0 Å². The maximum atomic E-state index is 4.25. The maximum absolute atomic E-state index is 4.25. The van der Waals surface area contributed by atoms with Crippen LogP contribution in [-0.2, 0) is 13.1 Å². The van der Waals surface area contributed by atoms with E-state index in [1.165, 1.54) is 5.56 Å². The van der Waals surface area contributed by atoms with Crippen molar-refractivity contribution in [2.45, 2.75) is 13.1 Å². The minimum atomic E-state index is 0.852. The van der Waals surface area contributed by atoms with Crippen molar-refractivity contribution in [3.05, 3.63) is 60.4 Å². The van der Waals surface area contributed by atoms with Gasteiger partial charge in [-0.3, -0.25) is 4.99 Å². The highest BCUT2D eigenvalue weighted by Crippen LogP contribution is 2.01. The largest absolute Gasteiger partial charge is 0.355 e. The van der Waals surface area contributed by atoms with E-state index in [-0.39, 0.29) is 0 Å². The smallest absolute Gasteiger partial charge is 0.191 e. The number of nitrogens with one attached hydrogen (secondary N) is 2. The average molecular weight is 313 g/mol. The summed E-state index contributed by atoms with van der Waals surface area (Å²) in [5.74, 6) is 0.852. The van der Waals surface area contributed by atoms with Crippen molar-refractivity contribution < 1.29 is 0 Å². The summed E-state index contributed by atoms with van der Waals surface area (Å²) >= 11 is 0. The van der Waals surface area contributed by atoms with Crippen molar-refractivity contribution in [3.63, 3.8) is 0 Å². The molecular formula is C18H27N5. The van der Waals surface area contributed by atoms with Crippen LogP contribution in [0.15, 0.2) is 59.9 Å². The van der Waals surface area contributed by atoms with E-state index in [1.54, 1.807) is 7.05 Å². The highest BCUT2D eigenvalue weighted by atomic mass is 15.2. The maximum Gasteiger partial charge on any atom is 0.191 e. The summed E-state index contributed by atoms with van der Waals surface area (Å²) in [6.45, 7) is 4.58. The summed E-state index contributed by atoms with van der Waals surface area (Å²) in [4.78, 5) is 6.56. The number of hydrogen-bond acceptors (Lipinski definition) is 2. The van der Waals surface area contributed by atoms with Crippen molar-refractivity contribution in [1.29, 1.82) is 0 Å². The zero-order valence-corrected chi connectivity index (χ0v) is 14.1. The zero-order chi connectivity index (χ0) is 16.3. The Hall–Kier alpha value is -2.27. The molecule has 1 heterocycles. The van der Waals surface area contributed by atoms with E-state index in [0.29, 0.717) is 0 Å². The van der Waals surface area contributed by atoms with Gasteiger partial charge in [-0.25, -0.2) is 0 Å². The van der Waals surface area contributed by atoms with E-state index in [0.717, 1.165) is 38.7 Å². The van der Waals surface area contributed by atoms with E-state index in [4.69, 9.17) is 0 Å². The van der Waals surface area contributed by atoms with E-state index in [9.17, 15) is 0 Å². The lowest BCUT2D eigenvalue weighted by atomic mass is 10.2. The van der Waals surface area contributed by atoms with Gasteiger partial charge in [-0.15, -0.1) is 0 Å². The molecule has 2 aromatic rings. The summed E-state index contributed by atoms with van der Waals surface area (Å²) in [6.07, 6.45) is 4.13. The molecule has 0 bridgehead atoms. The molecule has 5 nitrogen and oxygen atoms in total. The quantitative estimate of drug-likeness (QED) is 0.577. The van der Waals surface area contributed by atoms with Crippen LogP contribution in [0.1, 0.15) is 5.56 Å². The molecular weight excluding hydrogens is 286 g/mol. The van der Waals surface area contributed by atoms with Crippen LogP contribution in [0.25, 0.3) is 0 Å². The summed E-state index contributed by atoms with van der Waals surface area (Å²) < 4.78 is 2.15. The van der Waals surface area contributed by atoms with Crippen LogP contribution in [-0.4, -0.2) is 49.2 Å². The minimum absolute atomic E-state index is 0.852. The number of aliphatic imine (C=N–C) groups is 1. The molecule has 0 fully saturated rings. The van der Waals surface area contributed by atoms with Crippen LogP contribution in [0, 0.1) is 0 Å². The van der Waals surface area contributed by atoms with Gasteiger partial charge in [-0.05, 0) is 24.7 Å². The second-order valence-corrected chi connectivity index (χ2v) is 5.57. The van der Waals surface area contributed by atoms with Crippen LogP contribution < -0.4 is 10.6 Å². The van der Waals surface area contributed by atoms with Gasteiger partial charge in [-0.1, -0.05) is 30.3 Å². The molecule has 2 N–H and O–H groups in total. The third-order valence-corrected chi connectivity index (χ3v) is 3.63. The number of nitrogens with zero attached hydrogens (tertiary/aromatic N) is 3. The number of aromatic nitrogens is 1. The van der Waals surface area contributed by atoms with Gasteiger partial charge in [0.1, 0.15) is 0 Å². The molecule has 1 aromatic heterocycles. The standard InChI is InChI=1S/C18H27N5/c1-19-18(21-11-15-23-12-6-7-13-23)20-10-14-22(2)16-17-8-4-3-5-9-17/h3-9,12-13H,10-11,14-16H2,1-2H3,(H2,19,20,21). The topological polar surface area (TPSA) is 44.6 Å². The predicted molar refractivity (Wildman–Crippen MR) is 96.6 cm³/mol. The molecule has 0 saturated carbocycles. The second-order valence-electron chi connectivity index (χ2n) is 5.57. The van der Waals surface area contributed by atoms with Crippen LogP contribution >= 0.6 is 0 Å². The Bertz CT molecular complexity index is 562. The molecule has 0 saturated heterocycles. The minimum Gasteiger partial charge on any atom is -0.355 e. The van der Waals surface area contributed by atoms with E-state index in [2.05, 4.69) is 74.9 Å². The Morgan fingerprint density at radius 1 is 1.04 bits per heavy atom. The third-order valence-electron chi connectivity index (χ3n) is 3.63. The molecule has 0 unspecified atom stereocenters. The molecule has 0 amide bonds. The van der Waals surface area contributed by atoms with Crippen LogP contribution in [0.4, 0.5) is 0 Å². The molecule has 0 spiro atoms. The van der Waals surface area contributed by atoms with Gasteiger partial charge in [-0.2, -0.15) is 0 Å². The van der Waals surface area contributed by atoms with Gasteiger partial charge < -0.3 is 20.1 Å². The predicted octanol–water partition coefficient (Wildman–Crippen LogP) is 1.79. The first-order valence-electron chi connectivity index (χ1n) is 8.05. The fraction of sp³-hybridized carbons (Fsp3) is 0.389. The number of rotatable bonds is 8. The monoisotopic (exact) mass is 313 g/mol. The first-order valence-corrected chi connectivity index (χ1v) is 8.05. The molecule has 2 rings (SSSR count). The number of guanidine groups is 1.